The maximum atomic E-state index is 11.8. The molecule has 1 rings (SSSR count). The summed E-state index contributed by atoms with van der Waals surface area (Å²) in [6, 6.07) is 0. The lowest BCUT2D eigenvalue weighted by Crippen LogP contribution is -2.27. The third kappa shape index (κ3) is 5.13. The van der Waals surface area contributed by atoms with Crippen LogP contribution in [0, 0.1) is 5.92 Å². The number of rotatable bonds is 4. The summed E-state index contributed by atoms with van der Waals surface area (Å²) in [6.45, 7) is 1.50. The number of aliphatic hydroxyl groups is 1. The monoisotopic (exact) mass is 196 g/mol. The van der Waals surface area contributed by atoms with E-state index in [1.54, 1.807) is 0 Å². The van der Waals surface area contributed by atoms with Crippen molar-refractivity contribution in [1.82, 2.24) is 0 Å². The van der Waals surface area contributed by atoms with E-state index in [2.05, 4.69) is 0 Å². The van der Waals surface area contributed by atoms with E-state index in [1.807, 2.05) is 0 Å². The first-order valence-electron chi connectivity index (χ1n) is 4.58. The van der Waals surface area contributed by atoms with Gasteiger partial charge in [-0.3, -0.25) is 0 Å². The number of hydrogen-bond donors (Lipinski definition) is 1. The Balaban J connectivity index is 2.24. The highest BCUT2D eigenvalue weighted by atomic mass is 19.4. The Hall–Kier alpha value is -0.250. The van der Waals surface area contributed by atoms with Gasteiger partial charge in [0.15, 0.2) is 0 Å². The molecular formula is C9H15F3O. The topological polar surface area (TPSA) is 20.2 Å². The van der Waals surface area contributed by atoms with Gasteiger partial charge in [-0.25, -0.2) is 0 Å². The largest absolute Gasteiger partial charge is 0.390 e. The summed E-state index contributed by atoms with van der Waals surface area (Å²) in [5, 5.41) is 9.59. The molecule has 1 N–H and O–H groups in total. The molecule has 0 bridgehead atoms. The molecule has 1 atom stereocenters. The maximum Gasteiger partial charge on any atom is 0.389 e. The van der Waals surface area contributed by atoms with E-state index in [4.69, 9.17) is 0 Å². The summed E-state index contributed by atoms with van der Waals surface area (Å²) in [4.78, 5) is 0. The third-order valence-electron chi connectivity index (χ3n) is 2.37. The lowest BCUT2D eigenvalue weighted by Gasteiger charge is -2.23. The molecule has 1 aliphatic carbocycles. The van der Waals surface area contributed by atoms with Crippen LogP contribution >= 0.6 is 0 Å². The van der Waals surface area contributed by atoms with Gasteiger partial charge in [-0.2, -0.15) is 13.2 Å². The minimum Gasteiger partial charge on any atom is -0.390 e. The van der Waals surface area contributed by atoms with E-state index < -0.39 is 18.2 Å². The summed E-state index contributed by atoms with van der Waals surface area (Å²) in [7, 11) is 0. The van der Waals surface area contributed by atoms with Crippen molar-refractivity contribution in [2.24, 2.45) is 5.92 Å². The summed E-state index contributed by atoms with van der Waals surface area (Å²) < 4.78 is 35.5. The fourth-order valence-corrected chi connectivity index (χ4v) is 1.46. The summed E-state index contributed by atoms with van der Waals surface area (Å²) in [6.07, 6.45) is -2.57. The van der Waals surface area contributed by atoms with Gasteiger partial charge in [0.1, 0.15) is 0 Å². The number of halogens is 3. The standard InChI is InChI=1S/C9H15F3O/c1-8(13,6-7-2-3-7)4-5-9(10,11)12/h7,13H,2-6H2,1H3. The van der Waals surface area contributed by atoms with E-state index in [0.29, 0.717) is 12.3 Å². The maximum absolute atomic E-state index is 11.8. The minimum absolute atomic E-state index is 0.174. The third-order valence-corrected chi connectivity index (χ3v) is 2.37. The van der Waals surface area contributed by atoms with Gasteiger partial charge in [-0.15, -0.1) is 0 Å². The van der Waals surface area contributed by atoms with E-state index >= 15 is 0 Å². The molecule has 0 aliphatic heterocycles. The van der Waals surface area contributed by atoms with Gasteiger partial charge in [-0.1, -0.05) is 12.8 Å². The van der Waals surface area contributed by atoms with Gasteiger partial charge in [-0.05, 0) is 25.7 Å². The Morgan fingerprint density at radius 2 is 1.77 bits per heavy atom. The molecule has 0 spiro atoms. The molecule has 1 nitrogen and oxygen atoms in total. The zero-order valence-electron chi connectivity index (χ0n) is 7.69. The molecule has 0 aromatic carbocycles. The average Bonchev–Trinajstić information content (AvgIpc) is 2.66. The molecule has 1 fully saturated rings. The summed E-state index contributed by atoms with van der Waals surface area (Å²) in [5.74, 6) is 0.461. The lowest BCUT2D eigenvalue weighted by molar-refractivity contribution is -0.146. The van der Waals surface area contributed by atoms with Crippen molar-refractivity contribution < 1.29 is 18.3 Å². The molecule has 0 radical (unpaired) electrons. The molecule has 0 amide bonds. The van der Waals surface area contributed by atoms with Crippen molar-refractivity contribution in [3.63, 3.8) is 0 Å². The first-order valence-corrected chi connectivity index (χ1v) is 4.58. The highest BCUT2D eigenvalue weighted by Gasteiger charge is 2.35. The number of hydrogen-bond acceptors (Lipinski definition) is 1. The summed E-state index contributed by atoms with van der Waals surface area (Å²) in [5.41, 5.74) is -1.13. The van der Waals surface area contributed by atoms with Crippen molar-refractivity contribution in [2.75, 3.05) is 0 Å². The van der Waals surface area contributed by atoms with Crippen LogP contribution in [0.5, 0.6) is 0 Å². The van der Waals surface area contributed by atoms with Gasteiger partial charge in [0, 0.05) is 6.42 Å². The zero-order valence-corrected chi connectivity index (χ0v) is 7.69. The Morgan fingerprint density at radius 1 is 1.23 bits per heavy atom. The van der Waals surface area contributed by atoms with Crippen LogP contribution in [-0.2, 0) is 0 Å². The van der Waals surface area contributed by atoms with Crippen LogP contribution in [0.25, 0.3) is 0 Å². The molecule has 0 aromatic rings. The Kier molecular flexibility index (Phi) is 2.90. The minimum atomic E-state index is -4.15. The zero-order chi connectivity index (χ0) is 10.1. The second kappa shape index (κ2) is 3.48. The molecular weight excluding hydrogens is 181 g/mol. The second-order valence-electron chi connectivity index (χ2n) is 4.26. The van der Waals surface area contributed by atoms with Crippen LogP contribution in [0.4, 0.5) is 13.2 Å². The average molecular weight is 196 g/mol. The smallest absolute Gasteiger partial charge is 0.389 e. The van der Waals surface area contributed by atoms with Gasteiger partial charge in [0.05, 0.1) is 5.60 Å². The molecule has 4 heteroatoms. The van der Waals surface area contributed by atoms with Gasteiger partial charge in [0.25, 0.3) is 0 Å². The Labute approximate surface area is 75.9 Å². The van der Waals surface area contributed by atoms with Crippen molar-refractivity contribution in [1.29, 1.82) is 0 Å². The van der Waals surface area contributed by atoms with Gasteiger partial charge in [0.2, 0.25) is 0 Å². The van der Waals surface area contributed by atoms with E-state index in [9.17, 15) is 18.3 Å². The van der Waals surface area contributed by atoms with E-state index in [1.165, 1.54) is 6.92 Å². The molecule has 1 unspecified atom stereocenters. The van der Waals surface area contributed by atoms with E-state index in [-0.39, 0.29) is 6.42 Å². The summed E-state index contributed by atoms with van der Waals surface area (Å²) >= 11 is 0. The first-order chi connectivity index (χ1) is 5.79. The van der Waals surface area contributed by atoms with Crippen molar-refractivity contribution in [2.45, 2.75) is 50.8 Å². The van der Waals surface area contributed by atoms with Crippen LogP contribution in [-0.4, -0.2) is 16.9 Å². The van der Waals surface area contributed by atoms with Crippen molar-refractivity contribution in [3.8, 4) is 0 Å². The molecule has 1 saturated carbocycles. The van der Waals surface area contributed by atoms with Crippen LogP contribution in [0.1, 0.15) is 39.0 Å². The van der Waals surface area contributed by atoms with Crippen LogP contribution in [0.2, 0.25) is 0 Å². The van der Waals surface area contributed by atoms with Crippen molar-refractivity contribution in [3.05, 3.63) is 0 Å². The molecule has 0 heterocycles. The predicted octanol–water partition coefficient (Wildman–Crippen LogP) is 2.88. The first kappa shape index (κ1) is 10.8. The highest BCUT2D eigenvalue weighted by molar-refractivity contribution is 4.84. The Morgan fingerprint density at radius 3 is 2.15 bits per heavy atom. The quantitative estimate of drug-likeness (QED) is 0.733. The number of alkyl halides is 3. The predicted molar refractivity (Wildman–Crippen MR) is 43.3 cm³/mol. The highest BCUT2D eigenvalue weighted by Crippen LogP contribution is 2.39. The molecule has 0 aromatic heterocycles. The fourth-order valence-electron chi connectivity index (χ4n) is 1.46. The molecule has 13 heavy (non-hydrogen) atoms. The molecule has 0 saturated heterocycles. The van der Waals surface area contributed by atoms with Gasteiger partial charge >= 0.3 is 6.18 Å². The van der Waals surface area contributed by atoms with Gasteiger partial charge < -0.3 is 5.11 Å². The normalized spacial score (nSPS) is 22.8. The fraction of sp³-hybridized carbons (Fsp3) is 1.00. The van der Waals surface area contributed by atoms with E-state index in [0.717, 1.165) is 12.8 Å². The molecule has 78 valence electrons. The Bertz CT molecular complexity index is 170. The van der Waals surface area contributed by atoms with Crippen LogP contribution in [0.3, 0.4) is 0 Å². The molecule has 1 aliphatic rings. The van der Waals surface area contributed by atoms with Crippen LogP contribution < -0.4 is 0 Å². The van der Waals surface area contributed by atoms with Crippen molar-refractivity contribution >= 4 is 0 Å². The lowest BCUT2D eigenvalue weighted by atomic mass is 9.93. The SMILES string of the molecule is CC(O)(CCC(F)(F)F)CC1CC1. The van der Waals surface area contributed by atoms with Crippen LogP contribution in [0.15, 0.2) is 0 Å². The second-order valence-corrected chi connectivity index (χ2v) is 4.26.